The lowest BCUT2D eigenvalue weighted by molar-refractivity contribution is 0.259. The lowest BCUT2D eigenvalue weighted by atomic mass is 10.0. The van der Waals surface area contributed by atoms with Crippen LogP contribution >= 0.6 is 23.1 Å². The van der Waals surface area contributed by atoms with Gasteiger partial charge in [-0.1, -0.05) is 49.1 Å². The highest BCUT2D eigenvalue weighted by Crippen LogP contribution is 2.36. The van der Waals surface area contributed by atoms with Gasteiger partial charge in [-0.25, -0.2) is 18.4 Å². The predicted octanol–water partition coefficient (Wildman–Crippen LogP) is 3.46. The number of anilines is 1. The number of aliphatic hydroxyl groups is 1. The van der Waals surface area contributed by atoms with Crippen LogP contribution in [0.3, 0.4) is 0 Å². The fourth-order valence-corrected chi connectivity index (χ4v) is 5.43. The SMILES string of the molecule is CC(C)C[C@H](CO)Nc1nc(S[C@H](C)c2cccc(S(C)(=O)=O)c2)nc2[nH]c(=O)sc12. The van der Waals surface area contributed by atoms with E-state index in [1.165, 1.54) is 18.0 Å². The molecule has 0 saturated heterocycles. The predicted molar refractivity (Wildman–Crippen MR) is 126 cm³/mol. The Hall–Kier alpha value is -1.95. The smallest absolute Gasteiger partial charge is 0.306 e. The van der Waals surface area contributed by atoms with Gasteiger partial charge in [0.1, 0.15) is 4.70 Å². The average Bonchev–Trinajstić information content (AvgIpc) is 3.07. The van der Waals surface area contributed by atoms with Crippen LogP contribution in [0.25, 0.3) is 10.3 Å². The zero-order valence-corrected chi connectivity index (χ0v) is 20.2. The Labute approximate surface area is 189 Å². The molecule has 0 aliphatic heterocycles. The Kier molecular flexibility index (Phi) is 7.40. The molecule has 2 aromatic heterocycles. The van der Waals surface area contributed by atoms with Crippen molar-refractivity contribution in [2.45, 2.75) is 48.5 Å². The molecule has 31 heavy (non-hydrogen) atoms. The summed E-state index contributed by atoms with van der Waals surface area (Å²) >= 11 is 2.39. The van der Waals surface area contributed by atoms with Crippen molar-refractivity contribution in [3.63, 3.8) is 0 Å². The van der Waals surface area contributed by atoms with Gasteiger partial charge in [0.2, 0.25) is 0 Å². The van der Waals surface area contributed by atoms with E-state index in [9.17, 15) is 18.3 Å². The van der Waals surface area contributed by atoms with Crippen molar-refractivity contribution in [2.24, 2.45) is 5.92 Å². The highest BCUT2D eigenvalue weighted by atomic mass is 32.2. The zero-order chi connectivity index (χ0) is 22.8. The quantitative estimate of drug-likeness (QED) is 0.313. The number of rotatable bonds is 9. The monoisotopic (exact) mass is 482 g/mol. The number of thiazole rings is 1. The van der Waals surface area contributed by atoms with Crippen LogP contribution in [-0.4, -0.2) is 47.4 Å². The zero-order valence-electron chi connectivity index (χ0n) is 17.7. The summed E-state index contributed by atoms with van der Waals surface area (Å²) in [5, 5.41) is 13.3. The fraction of sp³-hybridized carbons (Fsp3) is 0.450. The Balaban J connectivity index is 1.93. The lowest BCUT2D eigenvalue weighted by Gasteiger charge is -2.19. The molecule has 0 saturated carbocycles. The minimum Gasteiger partial charge on any atom is -0.394 e. The van der Waals surface area contributed by atoms with Crippen LogP contribution in [0.5, 0.6) is 0 Å². The summed E-state index contributed by atoms with van der Waals surface area (Å²) in [6, 6.07) is 6.61. The molecule has 0 amide bonds. The number of aromatic amines is 1. The van der Waals surface area contributed by atoms with Crippen LogP contribution in [0.4, 0.5) is 5.82 Å². The molecular weight excluding hydrogens is 456 g/mol. The van der Waals surface area contributed by atoms with Crippen LogP contribution < -0.4 is 10.2 Å². The second-order valence-corrected chi connectivity index (χ2v) is 12.1. The molecular formula is C20H26N4O4S3. The van der Waals surface area contributed by atoms with Crippen molar-refractivity contribution in [3.05, 3.63) is 39.5 Å². The van der Waals surface area contributed by atoms with E-state index < -0.39 is 9.84 Å². The summed E-state index contributed by atoms with van der Waals surface area (Å²) in [6.45, 7) is 6.03. The molecule has 0 spiro atoms. The van der Waals surface area contributed by atoms with Gasteiger partial charge in [0.15, 0.2) is 26.5 Å². The minimum atomic E-state index is -3.30. The number of thioether (sulfide) groups is 1. The minimum absolute atomic E-state index is 0.0554. The lowest BCUT2D eigenvalue weighted by Crippen LogP contribution is -2.26. The fourth-order valence-electron chi connectivity index (χ4n) is 3.14. The molecule has 0 fully saturated rings. The van der Waals surface area contributed by atoms with Crippen molar-refractivity contribution in [1.82, 2.24) is 15.0 Å². The van der Waals surface area contributed by atoms with Gasteiger partial charge in [-0.15, -0.1) is 0 Å². The topological polar surface area (TPSA) is 125 Å². The van der Waals surface area contributed by atoms with E-state index in [1.54, 1.807) is 18.2 Å². The van der Waals surface area contributed by atoms with Crippen molar-refractivity contribution in [3.8, 4) is 0 Å². The Morgan fingerprint density at radius 1 is 1.26 bits per heavy atom. The largest absolute Gasteiger partial charge is 0.394 e. The van der Waals surface area contributed by atoms with Gasteiger partial charge in [0.25, 0.3) is 0 Å². The number of hydrogen-bond acceptors (Lipinski definition) is 9. The highest BCUT2D eigenvalue weighted by molar-refractivity contribution is 7.99. The van der Waals surface area contributed by atoms with E-state index in [2.05, 4.69) is 34.1 Å². The van der Waals surface area contributed by atoms with E-state index in [0.717, 1.165) is 23.3 Å². The molecule has 2 heterocycles. The van der Waals surface area contributed by atoms with E-state index in [1.807, 2.05) is 13.0 Å². The molecule has 11 heteroatoms. The molecule has 0 aliphatic rings. The summed E-state index contributed by atoms with van der Waals surface area (Å²) < 4.78 is 24.4. The van der Waals surface area contributed by atoms with Gasteiger partial charge in [-0.3, -0.25) is 9.78 Å². The van der Waals surface area contributed by atoms with E-state index in [-0.39, 0.29) is 27.7 Å². The maximum Gasteiger partial charge on any atom is 0.306 e. The van der Waals surface area contributed by atoms with Crippen LogP contribution in [0.2, 0.25) is 0 Å². The number of fused-ring (bicyclic) bond motifs is 1. The molecule has 8 nitrogen and oxygen atoms in total. The summed E-state index contributed by atoms with van der Waals surface area (Å²) in [5.74, 6) is 0.885. The molecule has 0 unspecified atom stereocenters. The van der Waals surface area contributed by atoms with Crippen LogP contribution in [-0.2, 0) is 9.84 Å². The summed E-state index contributed by atoms with van der Waals surface area (Å²) in [7, 11) is -3.30. The Bertz CT molecular complexity index is 1220. The molecule has 1 aromatic carbocycles. The number of sulfone groups is 1. The van der Waals surface area contributed by atoms with Crippen LogP contribution in [0, 0.1) is 5.92 Å². The first-order chi connectivity index (χ1) is 14.6. The molecule has 2 atom stereocenters. The first-order valence-electron chi connectivity index (χ1n) is 9.81. The third kappa shape index (κ3) is 6.06. The van der Waals surface area contributed by atoms with Crippen LogP contribution in [0.1, 0.15) is 38.0 Å². The number of hydrogen-bond donors (Lipinski definition) is 3. The Morgan fingerprint density at radius 3 is 2.65 bits per heavy atom. The molecule has 3 aromatic rings. The normalized spacial score (nSPS) is 14.1. The van der Waals surface area contributed by atoms with Gasteiger partial charge >= 0.3 is 4.87 Å². The Morgan fingerprint density at radius 2 is 2.00 bits per heavy atom. The molecule has 168 valence electrons. The summed E-state index contributed by atoms with van der Waals surface area (Å²) in [5.41, 5.74) is 1.27. The van der Waals surface area contributed by atoms with Gasteiger partial charge in [0, 0.05) is 11.5 Å². The summed E-state index contributed by atoms with van der Waals surface area (Å²) in [4.78, 5) is 23.8. The molecule has 3 N–H and O–H groups in total. The van der Waals surface area contributed by atoms with E-state index >= 15 is 0 Å². The number of H-pyrrole nitrogens is 1. The maximum atomic E-state index is 11.9. The van der Waals surface area contributed by atoms with Gasteiger partial charge in [-0.05, 0) is 37.0 Å². The maximum absolute atomic E-state index is 11.9. The van der Waals surface area contributed by atoms with E-state index in [0.29, 0.717) is 27.2 Å². The number of nitrogens with one attached hydrogen (secondary N) is 2. The number of benzene rings is 1. The third-order valence-electron chi connectivity index (χ3n) is 4.62. The standard InChI is InChI=1S/C20H26N4O4S3/c1-11(2)8-14(10-25)21-17-16-18(24-20(26)30-16)23-19(22-17)29-12(3)13-6-5-7-15(9-13)31(4,27)28/h5-7,9,11-12,14,25H,8,10H2,1-4H3,(H2,21,22,23,24,26)/t12-,14-/m1/s1. The highest BCUT2D eigenvalue weighted by Gasteiger charge is 2.19. The van der Waals surface area contributed by atoms with Crippen molar-refractivity contribution in [2.75, 3.05) is 18.2 Å². The third-order valence-corrected chi connectivity index (χ3v) is 7.62. The van der Waals surface area contributed by atoms with E-state index in [4.69, 9.17) is 0 Å². The second-order valence-electron chi connectivity index (χ2n) is 7.81. The summed E-state index contributed by atoms with van der Waals surface area (Å²) in [6.07, 6.45) is 1.93. The first-order valence-corrected chi connectivity index (χ1v) is 13.4. The molecule has 0 radical (unpaired) electrons. The van der Waals surface area contributed by atoms with Crippen molar-refractivity contribution in [1.29, 1.82) is 0 Å². The van der Waals surface area contributed by atoms with Crippen LogP contribution in [0.15, 0.2) is 39.1 Å². The molecule has 3 rings (SSSR count). The molecule has 0 bridgehead atoms. The number of nitrogens with zero attached hydrogens (tertiary/aromatic N) is 2. The number of aliphatic hydroxyl groups excluding tert-OH is 1. The van der Waals surface area contributed by atoms with Gasteiger partial charge < -0.3 is 10.4 Å². The second kappa shape index (κ2) is 9.68. The average molecular weight is 483 g/mol. The molecule has 0 aliphatic carbocycles. The van der Waals surface area contributed by atoms with Gasteiger partial charge in [0.05, 0.1) is 17.5 Å². The van der Waals surface area contributed by atoms with Gasteiger partial charge in [-0.2, -0.15) is 0 Å². The van der Waals surface area contributed by atoms with Crippen molar-refractivity contribution < 1.29 is 13.5 Å². The van der Waals surface area contributed by atoms with Crippen molar-refractivity contribution >= 4 is 49.1 Å². The first kappa shape index (κ1) is 23.7. The number of aromatic nitrogens is 3.